The maximum atomic E-state index is 12.1. The number of aryl methyl sites for hydroxylation is 1. The highest BCUT2D eigenvalue weighted by atomic mass is 19.4. The molecular weight excluding hydrogens is 385 g/mol. The van der Waals surface area contributed by atoms with Gasteiger partial charge in [0.25, 0.3) is 0 Å². The Morgan fingerprint density at radius 2 is 1.69 bits per heavy atom. The fraction of sp³-hybridized carbons (Fsp3) is 0.333. The third-order valence-electron chi connectivity index (χ3n) is 3.98. The number of hydrogen-bond acceptors (Lipinski definition) is 3. The molecule has 29 heavy (non-hydrogen) atoms. The number of rotatable bonds is 9. The van der Waals surface area contributed by atoms with Gasteiger partial charge in [0.2, 0.25) is 11.8 Å². The summed E-state index contributed by atoms with van der Waals surface area (Å²) < 4.78 is 40.3. The van der Waals surface area contributed by atoms with E-state index in [-0.39, 0.29) is 24.0 Å². The zero-order valence-electron chi connectivity index (χ0n) is 16.0. The Morgan fingerprint density at radius 1 is 0.966 bits per heavy atom. The number of carbonyl (C=O) groups excluding carboxylic acids is 2. The molecule has 0 atom stereocenters. The molecule has 0 aliphatic heterocycles. The van der Waals surface area contributed by atoms with Crippen LogP contribution in [0.25, 0.3) is 0 Å². The van der Waals surface area contributed by atoms with E-state index in [9.17, 15) is 22.8 Å². The molecular formula is C21H23F3N2O3. The first-order chi connectivity index (χ1) is 13.7. The van der Waals surface area contributed by atoms with Crippen LogP contribution < -0.4 is 15.4 Å². The van der Waals surface area contributed by atoms with Crippen LogP contribution in [-0.2, 0) is 22.6 Å². The Morgan fingerprint density at radius 3 is 2.34 bits per heavy atom. The molecule has 0 saturated carbocycles. The van der Waals surface area contributed by atoms with Gasteiger partial charge in [-0.2, -0.15) is 0 Å². The molecule has 0 aliphatic carbocycles. The Labute approximate surface area is 167 Å². The molecule has 0 radical (unpaired) electrons. The fourth-order valence-electron chi connectivity index (χ4n) is 2.61. The van der Waals surface area contributed by atoms with Crippen LogP contribution in [0, 0.1) is 0 Å². The first-order valence-corrected chi connectivity index (χ1v) is 9.25. The lowest BCUT2D eigenvalue weighted by molar-refractivity contribution is -0.274. The SMILES string of the molecule is CCCC(=O)Nc1cccc(CNC(=O)CCc2ccc(OC(F)(F)F)cc2)c1. The van der Waals surface area contributed by atoms with E-state index in [4.69, 9.17) is 0 Å². The Bertz CT molecular complexity index is 821. The minimum absolute atomic E-state index is 0.0552. The summed E-state index contributed by atoms with van der Waals surface area (Å²) in [7, 11) is 0. The molecule has 2 N–H and O–H groups in total. The quantitative estimate of drug-likeness (QED) is 0.639. The summed E-state index contributed by atoms with van der Waals surface area (Å²) in [6.07, 6.45) is -2.92. The standard InChI is InChI=1S/C21H23F3N2O3/c1-2-4-20(28)26-17-6-3-5-16(13-17)14-25-19(27)12-9-15-7-10-18(11-8-15)29-21(22,23)24/h3,5-8,10-11,13H,2,4,9,12,14H2,1H3,(H,25,27)(H,26,28). The van der Waals surface area contributed by atoms with Gasteiger partial charge in [-0.15, -0.1) is 13.2 Å². The highest BCUT2D eigenvalue weighted by Gasteiger charge is 2.30. The summed E-state index contributed by atoms with van der Waals surface area (Å²) >= 11 is 0. The van der Waals surface area contributed by atoms with Gasteiger partial charge < -0.3 is 15.4 Å². The molecule has 8 heteroatoms. The molecule has 5 nitrogen and oxygen atoms in total. The number of hydrogen-bond donors (Lipinski definition) is 2. The van der Waals surface area contributed by atoms with Crippen LogP contribution in [0.3, 0.4) is 0 Å². The lowest BCUT2D eigenvalue weighted by Gasteiger charge is -2.10. The minimum Gasteiger partial charge on any atom is -0.406 e. The molecule has 0 fully saturated rings. The summed E-state index contributed by atoms with van der Waals surface area (Å²) in [5.74, 6) is -0.530. The monoisotopic (exact) mass is 408 g/mol. The third kappa shape index (κ3) is 8.68. The van der Waals surface area contributed by atoms with Crippen molar-refractivity contribution < 1.29 is 27.5 Å². The van der Waals surface area contributed by atoms with Crippen molar-refractivity contribution in [2.24, 2.45) is 0 Å². The van der Waals surface area contributed by atoms with Crippen LogP contribution in [-0.4, -0.2) is 18.2 Å². The molecule has 2 aromatic carbocycles. The van der Waals surface area contributed by atoms with Crippen molar-refractivity contribution in [3.05, 3.63) is 59.7 Å². The Kier molecular flexibility index (Phi) is 8.06. The average Bonchev–Trinajstić information content (AvgIpc) is 2.65. The molecule has 0 saturated heterocycles. The van der Waals surface area contributed by atoms with Gasteiger partial charge in [-0.25, -0.2) is 0 Å². The number of amides is 2. The normalized spacial score (nSPS) is 11.0. The van der Waals surface area contributed by atoms with Crippen molar-refractivity contribution in [2.45, 2.75) is 45.5 Å². The molecule has 0 spiro atoms. The number of alkyl halides is 3. The Balaban J connectivity index is 1.78. The zero-order chi connectivity index (χ0) is 21.3. The Hall–Kier alpha value is -3.03. The second-order valence-electron chi connectivity index (χ2n) is 6.47. The van der Waals surface area contributed by atoms with Crippen molar-refractivity contribution >= 4 is 17.5 Å². The number of carbonyl (C=O) groups is 2. The van der Waals surface area contributed by atoms with Gasteiger partial charge >= 0.3 is 6.36 Å². The molecule has 2 amide bonds. The van der Waals surface area contributed by atoms with E-state index in [1.807, 2.05) is 13.0 Å². The van der Waals surface area contributed by atoms with Crippen molar-refractivity contribution in [1.82, 2.24) is 5.32 Å². The van der Waals surface area contributed by atoms with E-state index in [2.05, 4.69) is 15.4 Å². The van der Waals surface area contributed by atoms with Crippen LogP contribution in [0.4, 0.5) is 18.9 Å². The van der Waals surface area contributed by atoms with E-state index in [0.717, 1.165) is 17.5 Å². The lowest BCUT2D eigenvalue weighted by Crippen LogP contribution is -2.23. The van der Waals surface area contributed by atoms with Crippen LogP contribution >= 0.6 is 0 Å². The molecule has 156 valence electrons. The van der Waals surface area contributed by atoms with Crippen LogP contribution in [0.15, 0.2) is 48.5 Å². The summed E-state index contributed by atoms with van der Waals surface area (Å²) in [5.41, 5.74) is 2.26. The maximum absolute atomic E-state index is 12.1. The van der Waals surface area contributed by atoms with Crippen molar-refractivity contribution in [3.8, 4) is 5.75 Å². The number of anilines is 1. The highest BCUT2D eigenvalue weighted by Crippen LogP contribution is 2.23. The molecule has 2 rings (SSSR count). The minimum atomic E-state index is -4.72. The predicted molar refractivity (Wildman–Crippen MR) is 103 cm³/mol. The lowest BCUT2D eigenvalue weighted by atomic mass is 10.1. The summed E-state index contributed by atoms with van der Waals surface area (Å²) in [5, 5.41) is 5.60. The first kappa shape index (κ1) is 22.3. The second kappa shape index (κ2) is 10.5. The largest absolute Gasteiger partial charge is 0.573 e. The third-order valence-corrected chi connectivity index (χ3v) is 3.98. The van der Waals surface area contributed by atoms with Crippen molar-refractivity contribution in [3.63, 3.8) is 0 Å². The van der Waals surface area contributed by atoms with Gasteiger partial charge in [-0.1, -0.05) is 31.2 Å². The summed E-state index contributed by atoms with van der Waals surface area (Å²) in [4.78, 5) is 23.7. The van der Waals surface area contributed by atoms with Crippen molar-refractivity contribution in [2.75, 3.05) is 5.32 Å². The molecule has 0 heterocycles. The van der Waals surface area contributed by atoms with E-state index < -0.39 is 6.36 Å². The molecule has 2 aromatic rings. The first-order valence-electron chi connectivity index (χ1n) is 9.25. The van der Waals surface area contributed by atoms with Gasteiger partial charge in [0.05, 0.1) is 0 Å². The second-order valence-corrected chi connectivity index (χ2v) is 6.47. The topological polar surface area (TPSA) is 67.4 Å². The molecule has 0 aliphatic rings. The van der Waals surface area contributed by atoms with E-state index >= 15 is 0 Å². The predicted octanol–water partition coefficient (Wildman–Crippen LogP) is 4.57. The van der Waals surface area contributed by atoms with Gasteiger partial charge in [-0.05, 0) is 48.2 Å². The van der Waals surface area contributed by atoms with E-state index in [1.54, 1.807) is 18.2 Å². The van der Waals surface area contributed by atoms with Crippen LogP contribution in [0.1, 0.15) is 37.3 Å². The smallest absolute Gasteiger partial charge is 0.406 e. The summed E-state index contributed by atoms with van der Waals surface area (Å²) in [6, 6.07) is 12.7. The average molecular weight is 408 g/mol. The summed E-state index contributed by atoms with van der Waals surface area (Å²) in [6.45, 7) is 2.24. The van der Waals surface area contributed by atoms with Gasteiger partial charge in [0.1, 0.15) is 5.75 Å². The van der Waals surface area contributed by atoms with Gasteiger partial charge in [0, 0.05) is 25.1 Å². The van der Waals surface area contributed by atoms with E-state index in [1.165, 1.54) is 24.3 Å². The number of benzene rings is 2. The van der Waals surface area contributed by atoms with E-state index in [0.29, 0.717) is 25.1 Å². The zero-order valence-corrected chi connectivity index (χ0v) is 16.0. The highest BCUT2D eigenvalue weighted by molar-refractivity contribution is 5.90. The maximum Gasteiger partial charge on any atom is 0.573 e. The van der Waals surface area contributed by atoms with Crippen LogP contribution in [0.5, 0.6) is 5.75 Å². The molecule has 0 aromatic heterocycles. The van der Waals surface area contributed by atoms with Crippen molar-refractivity contribution in [1.29, 1.82) is 0 Å². The van der Waals surface area contributed by atoms with Gasteiger partial charge in [-0.3, -0.25) is 9.59 Å². The van der Waals surface area contributed by atoms with Gasteiger partial charge in [0.15, 0.2) is 0 Å². The number of halogens is 3. The molecule has 0 unspecified atom stereocenters. The number of nitrogens with one attached hydrogen (secondary N) is 2. The fourth-order valence-corrected chi connectivity index (χ4v) is 2.61. The number of ether oxygens (including phenoxy) is 1. The van der Waals surface area contributed by atoms with Crippen LogP contribution in [0.2, 0.25) is 0 Å². The molecule has 0 bridgehead atoms.